The molecule has 0 spiro atoms. The highest BCUT2D eigenvalue weighted by atomic mass is 15.3. The average molecular weight is 243 g/mol. The largest absolute Gasteiger partial charge is 0.319 e. The van der Waals surface area contributed by atoms with Crippen LogP contribution < -0.4 is 5.73 Å². The summed E-state index contributed by atoms with van der Waals surface area (Å²) in [5.41, 5.74) is 12.3. The lowest BCUT2D eigenvalue weighted by atomic mass is 9.96. The van der Waals surface area contributed by atoms with Gasteiger partial charge in [-0.1, -0.05) is 18.2 Å². The number of aromatic nitrogens is 2. The molecule has 0 radical (unpaired) electrons. The molecule has 0 fully saturated rings. The first-order valence-electron chi connectivity index (χ1n) is 6.40. The van der Waals surface area contributed by atoms with Crippen LogP contribution in [0.3, 0.4) is 0 Å². The number of hydrogen-bond donors (Lipinski definition) is 1. The Bertz CT molecular complexity index is 555. The lowest BCUT2D eigenvalue weighted by molar-refractivity contribution is 0.596. The molecule has 1 aromatic carbocycles. The summed E-state index contributed by atoms with van der Waals surface area (Å²) in [7, 11) is 0. The Kier molecular flexibility index (Phi) is 3.53. The molecule has 0 saturated carbocycles. The number of rotatable bonds is 3. The topological polar surface area (TPSA) is 43.8 Å². The van der Waals surface area contributed by atoms with Crippen LogP contribution in [0, 0.1) is 20.8 Å². The minimum Gasteiger partial charge on any atom is -0.319 e. The van der Waals surface area contributed by atoms with Crippen molar-refractivity contribution >= 4 is 0 Å². The van der Waals surface area contributed by atoms with Crippen molar-refractivity contribution < 1.29 is 0 Å². The van der Waals surface area contributed by atoms with E-state index in [0.717, 1.165) is 17.9 Å². The second-order valence-electron chi connectivity index (χ2n) is 4.79. The quantitative estimate of drug-likeness (QED) is 0.900. The van der Waals surface area contributed by atoms with Gasteiger partial charge in [0.2, 0.25) is 0 Å². The van der Waals surface area contributed by atoms with E-state index in [0.29, 0.717) is 0 Å². The first kappa shape index (κ1) is 12.8. The standard InChI is InChI=1S/C15H21N3/c1-5-18-14(9-11(3)17-18)15(16)13-8-6-7-10(2)12(13)4/h6-9,15H,5,16H2,1-4H3. The van der Waals surface area contributed by atoms with Gasteiger partial charge >= 0.3 is 0 Å². The van der Waals surface area contributed by atoms with E-state index in [4.69, 9.17) is 5.73 Å². The van der Waals surface area contributed by atoms with Crippen LogP contribution in [0.1, 0.15) is 41.0 Å². The zero-order valence-electron chi connectivity index (χ0n) is 11.6. The Balaban J connectivity index is 2.47. The minimum atomic E-state index is -0.106. The first-order valence-corrected chi connectivity index (χ1v) is 6.40. The predicted molar refractivity (Wildman–Crippen MR) is 74.6 cm³/mol. The second-order valence-corrected chi connectivity index (χ2v) is 4.79. The normalized spacial score (nSPS) is 12.7. The van der Waals surface area contributed by atoms with Gasteiger partial charge in [0.1, 0.15) is 0 Å². The maximum atomic E-state index is 6.41. The van der Waals surface area contributed by atoms with Crippen molar-refractivity contribution in [2.24, 2.45) is 5.73 Å². The van der Waals surface area contributed by atoms with Crippen molar-refractivity contribution in [3.05, 3.63) is 52.3 Å². The third-order valence-electron chi connectivity index (χ3n) is 3.53. The number of nitrogens with two attached hydrogens (primary N) is 1. The molecular weight excluding hydrogens is 222 g/mol. The number of nitrogens with zero attached hydrogens (tertiary/aromatic N) is 2. The molecule has 1 unspecified atom stereocenters. The number of hydrogen-bond acceptors (Lipinski definition) is 2. The van der Waals surface area contributed by atoms with Crippen LogP contribution in [0.15, 0.2) is 24.3 Å². The highest BCUT2D eigenvalue weighted by Gasteiger charge is 2.17. The summed E-state index contributed by atoms with van der Waals surface area (Å²) in [6, 6.07) is 8.27. The van der Waals surface area contributed by atoms with Gasteiger partial charge in [-0.25, -0.2) is 0 Å². The van der Waals surface area contributed by atoms with Crippen molar-refractivity contribution in [1.82, 2.24) is 9.78 Å². The van der Waals surface area contributed by atoms with Gasteiger partial charge in [-0.3, -0.25) is 4.68 Å². The zero-order valence-corrected chi connectivity index (χ0v) is 11.6. The molecule has 0 saturated heterocycles. The molecule has 0 bridgehead atoms. The third-order valence-corrected chi connectivity index (χ3v) is 3.53. The second kappa shape index (κ2) is 4.94. The summed E-state index contributed by atoms with van der Waals surface area (Å²) in [5.74, 6) is 0. The molecule has 2 N–H and O–H groups in total. The molecule has 96 valence electrons. The third kappa shape index (κ3) is 2.18. The van der Waals surface area contributed by atoms with Crippen LogP contribution in [0.25, 0.3) is 0 Å². The summed E-state index contributed by atoms with van der Waals surface area (Å²) in [4.78, 5) is 0. The Morgan fingerprint density at radius 2 is 2.00 bits per heavy atom. The van der Waals surface area contributed by atoms with Gasteiger partial charge < -0.3 is 5.73 Å². The van der Waals surface area contributed by atoms with Crippen molar-refractivity contribution in [2.45, 2.75) is 40.3 Å². The summed E-state index contributed by atoms with van der Waals surface area (Å²) in [5, 5.41) is 4.46. The van der Waals surface area contributed by atoms with Gasteiger partial charge in [-0.05, 0) is 50.5 Å². The van der Waals surface area contributed by atoms with Crippen molar-refractivity contribution in [3.8, 4) is 0 Å². The van der Waals surface area contributed by atoms with E-state index in [2.05, 4.69) is 50.1 Å². The molecule has 3 heteroatoms. The molecule has 2 rings (SSSR count). The molecular formula is C15H21N3. The molecule has 0 aliphatic heterocycles. The van der Waals surface area contributed by atoms with Gasteiger partial charge in [-0.15, -0.1) is 0 Å². The highest BCUT2D eigenvalue weighted by Crippen LogP contribution is 2.25. The van der Waals surface area contributed by atoms with Crippen LogP contribution >= 0.6 is 0 Å². The summed E-state index contributed by atoms with van der Waals surface area (Å²) < 4.78 is 1.99. The first-order chi connectivity index (χ1) is 8.54. The summed E-state index contributed by atoms with van der Waals surface area (Å²) >= 11 is 0. The smallest absolute Gasteiger partial charge is 0.0726 e. The van der Waals surface area contributed by atoms with Gasteiger partial charge in [0.25, 0.3) is 0 Å². The van der Waals surface area contributed by atoms with Gasteiger partial charge in [0.15, 0.2) is 0 Å². The van der Waals surface area contributed by atoms with Gasteiger partial charge in [-0.2, -0.15) is 5.10 Å². The average Bonchev–Trinajstić information content (AvgIpc) is 2.73. The Hall–Kier alpha value is -1.61. The maximum Gasteiger partial charge on any atom is 0.0726 e. The van der Waals surface area contributed by atoms with E-state index < -0.39 is 0 Å². The Morgan fingerprint density at radius 3 is 2.67 bits per heavy atom. The molecule has 3 nitrogen and oxygen atoms in total. The lowest BCUT2D eigenvalue weighted by Crippen LogP contribution is -2.18. The van der Waals surface area contributed by atoms with E-state index >= 15 is 0 Å². The zero-order chi connectivity index (χ0) is 13.3. The molecule has 0 amide bonds. The van der Waals surface area contributed by atoms with Gasteiger partial charge in [0, 0.05) is 6.54 Å². The molecule has 1 aromatic heterocycles. The summed E-state index contributed by atoms with van der Waals surface area (Å²) in [6.07, 6.45) is 0. The minimum absolute atomic E-state index is 0.106. The number of benzene rings is 1. The lowest BCUT2D eigenvalue weighted by Gasteiger charge is -2.17. The van der Waals surface area contributed by atoms with E-state index in [9.17, 15) is 0 Å². The number of aryl methyl sites for hydroxylation is 3. The van der Waals surface area contributed by atoms with Crippen LogP contribution in [0.2, 0.25) is 0 Å². The molecule has 2 aromatic rings. The van der Waals surface area contributed by atoms with E-state index in [-0.39, 0.29) is 6.04 Å². The fraction of sp³-hybridized carbons (Fsp3) is 0.400. The van der Waals surface area contributed by atoms with E-state index in [1.165, 1.54) is 16.7 Å². The summed E-state index contributed by atoms with van der Waals surface area (Å²) in [6.45, 7) is 9.19. The van der Waals surface area contributed by atoms with E-state index in [1.807, 2.05) is 11.6 Å². The van der Waals surface area contributed by atoms with Crippen molar-refractivity contribution in [2.75, 3.05) is 0 Å². The van der Waals surface area contributed by atoms with Crippen molar-refractivity contribution in [1.29, 1.82) is 0 Å². The Morgan fingerprint density at radius 1 is 1.28 bits per heavy atom. The molecule has 1 heterocycles. The monoisotopic (exact) mass is 243 g/mol. The Labute approximate surface area is 109 Å². The van der Waals surface area contributed by atoms with E-state index in [1.54, 1.807) is 0 Å². The molecule has 1 atom stereocenters. The van der Waals surface area contributed by atoms with Crippen LogP contribution in [-0.4, -0.2) is 9.78 Å². The maximum absolute atomic E-state index is 6.41. The fourth-order valence-electron chi connectivity index (χ4n) is 2.34. The molecule has 18 heavy (non-hydrogen) atoms. The molecule has 0 aliphatic carbocycles. The van der Waals surface area contributed by atoms with Crippen LogP contribution in [0.4, 0.5) is 0 Å². The SMILES string of the molecule is CCn1nc(C)cc1C(N)c1cccc(C)c1C. The fourth-order valence-corrected chi connectivity index (χ4v) is 2.34. The molecule has 0 aliphatic rings. The van der Waals surface area contributed by atoms with Crippen LogP contribution in [-0.2, 0) is 6.54 Å². The van der Waals surface area contributed by atoms with Gasteiger partial charge in [0.05, 0.1) is 17.4 Å². The highest BCUT2D eigenvalue weighted by molar-refractivity contribution is 5.39. The van der Waals surface area contributed by atoms with Crippen molar-refractivity contribution in [3.63, 3.8) is 0 Å². The van der Waals surface area contributed by atoms with Crippen LogP contribution in [0.5, 0.6) is 0 Å². The predicted octanol–water partition coefficient (Wildman–Crippen LogP) is 2.88.